The van der Waals surface area contributed by atoms with Crippen LogP contribution in [0, 0.1) is 0 Å². The minimum absolute atomic E-state index is 0.0117. The van der Waals surface area contributed by atoms with Gasteiger partial charge in [-0.25, -0.2) is 4.98 Å². The van der Waals surface area contributed by atoms with Gasteiger partial charge in [-0.2, -0.15) is 0 Å². The molecule has 6 heteroatoms. The summed E-state index contributed by atoms with van der Waals surface area (Å²) in [7, 11) is 1.60. The second kappa shape index (κ2) is 7.80. The molecule has 0 spiro atoms. The molecular weight excluding hydrogens is 372 g/mol. The van der Waals surface area contributed by atoms with Crippen LogP contribution in [0.4, 0.5) is 0 Å². The minimum Gasteiger partial charge on any atom is -0.497 e. The molecule has 144 valence electrons. The number of para-hydroxylation sites is 1. The molecule has 0 N–H and O–H groups in total. The first-order valence-electron chi connectivity index (χ1n) is 9.48. The number of Topliss-reactive ketones (excluding diaryl/α,β-unsaturated/α-hetero) is 1. The third kappa shape index (κ3) is 3.56. The Balaban J connectivity index is 1.69. The van der Waals surface area contributed by atoms with Crippen molar-refractivity contribution in [2.24, 2.45) is 0 Å². The van der Waals surface area contributed by atoms with Gasteiger partial charge in [-0.15, -0.1) is 0 Å². The van der Waals surface area contributed by atoms with Gasteiger partial charge in [0.15, 0.2) is 10.9 Å². The highest BCUT2D eigenvalue weighted by Gasteiger charge is 2.30. The number of carbonyl (C=O) groups is 1. The van der Waals surface area contributed by atoms with Crippen molar-refractivity contribution in [3.63, 3.8) is 0 Å². The maximum atomic E-state index is 13.0. The van der Waals surface area contributed by atoms with Crippen molar-refractivity contribution in [3.05, 3.63) is 64.4 Å². The van der Waals surface area contributed by atoms with E-state index in [9.17, 15) is 9.59 Å². The zero-order valence-electron chi connectivity index (χ0n) is 15.9. The van der Waals surface area contributed by atoms with E-state index in [1.165, 1.54) is 11.8 Å². The smallest absolute Gasteiger partial charge is 0.262 e. The average molecular weight is 394 g/mol. The molecule has 1 aliphatic rings. The summed E-state index contributed by atoms with van der Waals surface area (Å²) >= 11 is 1.40. The predicted molar refractivity (Wildman–Crippen MR) is 112 cm³/mol. The Morgan fingerprint density at radius 1 is 1.21 bits per heavy atom. The Labute approximate surface area is 167 Å². The average Bonchev–Trinajstić information content (AvgIpc) is 3.56. The first kappa shape index (κ1) is 18.7. The maximum absolute atomic E-state index is 13.0. The molecule has 28 heavy (non-hydrogen) atoms. The summed E-state index contributed by atoms with van der Waals surface area (Å²) in [6, 6.07) is 14.8. The van der Waals surface area contributed by atoms with Gasteiger partial charge in [-0.05, 0) is 55.7 Å². The second-order valence-electron chi connectivity index (χ2n) is 6.93. The van der Waals surface area contributed by atoms with Crippen molar-refractivity contribution in [1.82, 2.24) is 9.55 Å². The van der Waals surface area contributed by atoms with Gasteiger partial charge in [0.05, 0.1) is 23.3 Å². The number of hydrogen-bond acceptors (Lipinski definition) is 5. The summed E-state index contributed by atoms with van der Waals surface area (Å²) in [5.41, 5.74) is 1.31. The van der Waals surface area contributed by atoms with Crippen LogP contribution in [0.2, 0.25) is 0 Å². The molecule has 4 rings (SSSR count). The Hall–Kier alpha value is -2.60. The summed E-state index contributed by atoms with van der Waals surface area (Å²) < 4.78 is 6.96. The number of nitrogens with zero attached hydrogens (tertiary/aromatic N) is 2. The molecule has 1 unspecified atom stereocenters. The first-order chi connectivity index (χ1) is 13.6. The fourth-order valence-corrected chi connectivity index (χ4v) is 4.41. The van der Waals surface area contributed by atoms with E-state index in [0.717, 1.165) is 18.6 Å². The Bertz CT molecular complexity index is 1070. The number of ether oxygens (including phenoxy) is 1. The Morgan fingerprint density at radius 3 is 2.57 bits per heavy atom. The van der Waals surface area contributed by atoms with Gasteiger partial charge in [-0.1, -0.05) is 30.8 Å². The molecule has 2 aromatic carbocycles. The number of carbonyl (C=O) groups excluding carboxylic acids is 1. The van der Waals surface area contributed by atoms with Crippen LogP contribution in [-0.4, -0.2) is 27.7 Å². The van der Waals surface area contributed by atoms with E-state index in [-0.39, 0.29) is 22.6 Å². The number of aromatic nitrogens is 2. The van der Waals surface area contributed by atoms with Gasteiger partial charge in [0, 0.05) is 11.6 Å². The van der Waals surface area contributed by atoms with Crippen molar-refractivity contribution in [2.75, 3.05) is 7.11 Å². The quantitative estimate of drug-likeness (QED) is 0.336. The lowest BCUT2D eigenvalue weighted by atomic mass is 10.1. The van der Waals surface area contributed by atoms with E-state index in [0.29, 0.717) is 28.0 Å². The van der Waals surface area contributed by atoms with Gasteiger partial charge in [0.25, 0.3) is 5.56 Å². The molecule has 1 atom stereocenters. The third-order valence-corrected chi connectivity index (χ3v) is 6.30. The lowest BCUT2D eigenvalue weighted by Crippen LogP contribution is -2.25. The predicted octanol–water partition coefficient (Wildman–Crippen LogP) is 4.49. The van der Waals surface area contributed by atoms with Crippen LogP contribution in [0.5, 0.6) is 5.75 Å². The standard InChI is InChI=1S/C22H22N2O3S/c1-3-19(20(25)14-8-12-16(27-2)13-9-14)28-22-23-18-7-5-4-6-17(18)21(26)24(22)15-10-11-15/h4-9,12-13,15,19H,3,10-11H2,1-2H3. The number of ketones is 1. The normalized spacial score (nSPS) is 14.8. The van der Waals surface area contributed by atoms with E-state index in [1.807, 2.05) is 31.2 Å². The molecular formula is C22H22N2O3S. The number of thioether (sulfide) groups is 1. The lowest BCUT2D eigenvalue weighted by Gasteiger charge is -2.17. The summed E-state index contributed by atoms with van der Waals surface area (Å²) in [6.07, 6.45) is 2.62. The summed E-state index contributed by atoms with van der Waals surface area (Å²) in [5.74, 6) is 0.760. The lowest BCUT2D eigenvalue weighted by molar-refractivity contribution is 0.0988. The highest BCUT2D eigenvalue weighted by Crippen LogP contribution is 2.38. The summed E-state index contributed by atoms with van der Waals surface area (Å²) in [4.78, 5) is 30.8. The largest absolute Gasteiger partial charge is 0.497 e. The zero-order valence-corrected chi connectivity index (χ0v) is 16.7. The summed E-state index contributed by atoms with van der Waals surface area (Å²) in [6.45, 7) is 1.99. The van der Waals surface area contributed by atoms with E-state index in [2.05, 4.69) is 0 Å². The minimum atomic E-state index is -0.300. The van der Waals surface area contributed by atoms with Gasteiger partial charge < -0.3 is 4.74 Å². The van der Waals surface area contributed by atoms with Crippen molar-refractivity contribution in [2.45, 2.75) is 42.6 Å². The van der Waals surface area contributed by atoms with Crippen LogP contribution < -0.4 is 10.3 Å². The third-order valence-electron chi connectivity index (χ3n) is 4.97. The van der Waals surface area contributed by atoms with Crippen LogP contribution in [0.15, 0.2) is 58.5 Å². The zero-order chi connectivity index (χ0) is 19.7. The molecule has 5 nitrogen and oxygen atoms in total. The number of benzene rings is 2. The highest BCUT2D eigenvalue weighted by atomic mass is 32.2. The van der Waals surface area contributed by atoms with Gasteiger partial charge in [-0.3, -0.25) is 14.2 Å². The monoisotopic (exact) mass is 394 g/mol. The topological polar surface area (TPSA) is 61.2 Å². The van der Waals surface area contributed by atoms with Crippen LogP contribution >= 0.6 is 11.8 Å². The molecule has 1 saturated carbocycles. The van der Waals surface area contributed by atoms with Gasteiger partial charge >= 0.3 is 0 Å². The van der Waals surface area contributed by atoms with Crippen molar-refractivity contribution < 1.29 is 9.53 Å². The molecule has 0 aliphatic heterocycles. The van der Waals surface area contributed by atoms with Crippen LogP contribution in [0.1, 0.15) is 42.6 Å². The molecule has 0 amide bonds. The maximum Gasteiger partial charge on any atom is 0.262 e. The molecule has 3 aromatic rings. The molecule has 1 fully saturated rings. The number of hydrogen-bond donors (Lipinski definition) is 0. The number of fused-ring (bicyclic) bond motifs is 1. The molecule has 0 bridgehead atoms. The molecule has 0 radical (unpaired) electrons. The van der Waals surface area contributed by atoms with E-state index >= 15 is 0 Å². The van der Waals surface area contributed by atoms with E-state index < -0.39 is 0 Å². The van der Waals surface area contributed by atoms with Crippen molar-refractivity contribution >= 4 is 28.4 Å². The Morgan fingerprint density at radius 2 is 1.93 bits per heavy atom. The molecule has 0 saturated heterocycles. The van der Waals surface area contributed by atoms with Crippen LogP contribution in [0.25, 0.3) is 10.9 Å². The summed E-state index contributed by atoms with van der Waals surface area (Å²) in [5, 5.41) is 0.972. The SMILES string of the molecule is CCC(Sc1nc2ccccc2c(=O)n1C1CC1)C(=O)c1ccc(OC)cc1. The van der Waals surface area contributed by atoms with Gasteiger partial charge in [0.1, 0.15) is 5.75 Å². The molecule has 1 aliphatic carbocycles. The second-order valence-corrected chi connectivity index (χ2v) is 8.10. The van der Waals surface area contributed by atoms with Crippen molar-refractivity contribution in [3.8, 4) is 5.75 Å². The van der Waals surface area contributed by atoms with E-state index in [4.69, 9.17) is 9.72 Å². The fourth-order valence-electron chi connectivity index (χ4n) is 3.25. The number of rotatable bonds is 7. The van der Waals surface area contributed by atoms with Crippen molar-refractivity contribution in [1.29, 1.82) is 0 Å². The number of methoxy groups -OCH3 is 1. The van der Waals surface area contributed by atoms with Gasteiger partial charge in [0.2, 0.25) is 0 Å². The fraction of sp³-hybridized carbons (Fsp3) is 0.318. The molecule has 1 heterocycles. The highest BCUT2D eigenvalue weighted by molar-refractivity contribution is 8.00. The Kier molecular flexibility index (Phi) is 5.22. The van der Waals surface area contributed by atoms with E-state index in [1.54, 1.807) is 35.9 Å². The van der Waals surface area contributed by atoms with Crippen LogP contribution in [0.3, 0.4) is 0 Å². The first-order valence-corrected chi connectivity index (χ1v) is 10.4. The molecule has 1 aromatic heterocycles. The van der Waals surface area contributed by atoms with Crippen LogP contribution in [-0.2, 0) is 0 Å².